The normalized spacial score (nSPS) is 18.0. The van der Waals surface area contributed by atoms with Crippen LogP contribution in [0, 0.1) is 0 Å². The van der Waals surface area contributed by atoms with Gasteiger partial charge in [0.15, 0.2) is 0 Å². The first-order valence-corrected chi connectivity index (χ1v) is 10.3. The SMILES string of the molecule is NC(=O)c1ccc(S(=O)(=O)N2CCCC2c2cccc3ccccc23)cc1. The van der Waals surface area contributed by atoms with Crippen LogP contribution in [0.15, 0.2) is 71.6 Å². The van der Waals surface area contributed by atoms with E-state index in [1.807, 2.05) is 42.5 Å². The van der Waals surface area contributed by atoms with Gasteiger partial charge in [0.1, 0.15) is 0 Å². The molecule has 1 saturated heterocycles. The van der Waals surface area contributed by atoms with Crippen molar-refractivity contribution in [2.75, 3.05) is 6.54 Å². The number of sulfonamides is 1. The third-order valence-corrected chi connectivity index (χ3v) is 7.05. The molecular formula is C21H20N2O3S. The molecule has 0 bridgehead atoms. The van der Waals surface area contributed by atoms with Crippen molar-refractivity contribution in [3.05, 3.63) is 77.9 Å². The van der Waals surface area contributed by atoms with E-state index in [9.17, 15) is 13.2 Å². The highest BCUT2D eigenvalue weighted by atomic mass is 32.2. The molecule has 2 N–H and O–H groups in total. The molecule has 27 heavy (non-hydrogen) atoms. The number of nitrogens with zero attached hydrogens (tertiary/aromatic N) is 1. The molecule has 1 aliphatic heterocycles. The van der Waals surface area contributed by atoms with Crippen LogP contribution in [0.25, 0.3) is 10.8 Å². The molecule has 0 aromatic heterocycles. The van der Waals surface area contributed by atoms with E-state index in [-0.39, 0.29) is 10.9 Å². The monoisotopic (exact) mass is 380 g/mol. The number of hydrogen-bond donors (Lipinski definition) is 1. The van der Waals surface area contributed by atoms with Crippen LogP contribution in [0.4, 0.5) is 0 Å². The minimum atomic E-state index is -3.67. The Bertz CT molecular complexity index is 1100. The van der Waals surface area contributed by atoms with Crippen LogP contribution < -0.4 is 5.73 Å². The number of carbonyl (C=O) groups is 1. The molecule has 0 aliphatic carbocycles. The minimum absolute atomic E-state index is 0.180. The van der Waals surface area contributed by atoms with Gasteiger partial charge in [0, 0.05) is 12.1 Å². The maximum Gasteiger partial charge on any atom is 0.248 e. The Labute approximate surface area is 158 Å². The quantitative estimate of drug-likeness (QED) is 0.753. The molecular weight excluding hydrogens is 360 g/mol. The summed E-state index contributed by atoms with van der Waals surface area (Å²) < 4.78 is 28.1. The van der Waals surface area contributed by atoms with Crippen LogP contribution in [0.3, 0.4) is 0 Å². The van der Waals surface area contributed by atoms with Crippen molar-refractivity contribution in [2.24, 2.45) is 5.73 Å². The smallest absolute Gasteiger partial charge is 0.248 e. The predicted octanol–water partition coefficient (Wildman–Crippen LogP) is 3.46. The van der Waals surface area contributed by atoms with Crippen molar-refractivity contribution in [2.45, 2.75) is 23.8 Å². The average Bonchev–Trinajstić information content (AvgIpc) is 3.18. The highest BCUT2D eigenvalue weighted by Gasteiger charge is 2.36. The van der Waals surface area contributed by atoms with E-state index in [4.69, 9.17) is 5.73 Å². The lowest BCUT2D eigenvalue weighted by Gasteiger charge is -2.25. The molecule has 1 amide bonds. The summed E-state index contributed by atoms with van der Waals surface area (Å²) in [6.45, 7) is 0.480. The third kappa shape index (κ3) is 3.11. The highest BCUT2D eigenvalue weighted by Crippen LogP contribution is 2.39. The van der Waals surface area contributed by atoms with Crippen molar-refractivity contribution in [1.82, 2.24) is 4.31 Å². The van der Waals surface area contributed by atoms with E-state index in [0.29, 0.717) is 12.1 Å². The maximum absolute atomic E-state index is 13.2. The average molecular weight is 380 g/mol. The molecule has 1 heterocycles. The number of hydrogen-bond acceptors (Lipinski definition) is 3. The first-order chi connectivity index (χ1) is 13.0. The lowest BCUT2D eigenvalue weighted by Crippen LogP contribution is -2.30. The van der Waals surface area contributed by atoms with Crippen molar-refractivity contribution in [3.8, 4) is 0 Å². The summed E-state index contributed by atoms with van der Waals surface area (Å²) in [5.74, 6) is -0.575. The van der Waals surface area contributed by atoms with Crippen LogP contribution in [0.1, 0.15) is 34.8 Å². The lowest BCUT2D eigenvalue weighted by atomic mass is 9.98. The second-order valence-corrected chi connectivity index (χ2v) is 8.62. The zero-order chi connectivity index (χ0) is 19.0. The van der Waals surface area contributed by atoms with Gasteiger partial charge in [-0.2, -0.15) is 4.31 Å². The Hall–Kier alpha value is -2.70. The summed E-state index contributed by atoms with van der Waals surface area (Å²) in [5, 5.41) is 2.18. The lowest BCUT2D eigenvalue weighted by molar-refractivity contribution is 0.1000. The van der Waals surface area contributed by atoms with E-state index in [1.165, 1.54) is 24.3 Å². The molecule has 5 nitrogen and oxygen atoms in total. The van der Waals surface area contributed by atoms with Gasteiger partial charge in [0.25, 0.3) is 0 Å². The van der Waals surface area contributed by atoms with Crippen LogP contribution in [0.5, 0.6) is 0 Å². The maximum atomic E-state index is 13.2. The van der Waals surface area contributed by atoms with Gasteiger partial charge in [0.2, 0.25) is 15.9 Å². The van der Waals surface area contributed by atoms with Crippen LogP contribution in [-0.2, 0) is 10.0 Å². The Kier molecular flexibility index (Phi) is 4.45. The van der Waals surface area contributed by atoms with Gasteiger partial charge in [-0.15, -0.1) is 0 Å². The minimum Gasteiger partial charge on any atom is -0.366 e. The summed E-state index contributed by atoms with van der Waals surface area (Å²) in [4.78, 5) is 11.4. The molecule has 1 unspecified atom stereocenters. The molecule has 4 rings (SSSR count). The molecule has 1 fully saturated rings. The molecule has 138 valence electrons. The van der Waals surface area contributed by atoms with E-state index >= 15 is 0 Å². The molecule has 0 radical (unpaired) electrons. The van der Waals surface area contributed by atoms with Crippen molar-refractivity contribution >= 4 is 26.7 Å². The Balaban J connectivity index is 1.75. The summed E-state index contributed by atoms with van der Waals surface area (Å²) in [6, 6.07) is 19.7. The van der Waals surface area contributed by atoms with Crippen LogP contribution in [-0.4, -0.2) is 25.2 Å². The fraction of sp³-hybridized carbons (Fsp3) is 0.190. The number of benzene rings is 3. The zero-order valence-electron chi connectivity index (χ0n) is 14.7. The first-order valence-electron chi connectivity index (χ1n) is 8.88. The van der Waals surface area contributed by atoms with Gasteiger partial charge < -0.3 is 5.73 Å². The summed E-state index contributed by atoms with van der Waals surface area (Å²) in [6.07, 6.45) is 1.60. The van der Waals surface area contributed by atoms with Gasteiger partial charge >= 0.3 is 0 Å². The fourth-order valence-electron chi connectivity index (χ4n) is 3.81. The predicted molar refractivity (Wildman–Crippen MR) is 105 cm³/mol. The number of carbonyl (C=O) groups excluding carboxylic acids is 1. The number of nitrogens with two attached hydrogens (primary N) is 1. The van der Waals surface area contributed by atoms with E-state index < -0.39 is 15.9 Å². The second kappa shape index (κ2) is 6.79. The zero-order valence-corrected chi connectivity index (χ0v) is 15.5. The number of rotatable bonds is 4. The molecule has 3 aromatic rings. The molecule has 1 aliphatic rings. The van der Waals surface area contributed by atoms with Crippen LogP contribution >= 0.6 is 0 Å². The Morgan fingerprint density at radius 3 is 2.41 bits per heavy atom. The molecule has 3 aromatic carbocycles. The standard InChI is InChI=1S/C21H20N2O3S/c22-21(24)16-10-12-17(13-11-16)27(25,26)23-14-4-9-20(23)19-8-3-6-15-5-1-2-7-18(15)19/h1-3,5-8,10-13,20H,4,9,14H2,(H2,22,24). The molecule has 0 saturated carbocycles. The summed E-state index contributed by atoms with van der Waals surface area (Å²) >= 11 is 0. The van der Waals surface area contributed by atoms with Crippen LogP contribution in [0.2, 0.25) is 0 Å². The van der Waals surface area contributed by atoms with Gasteiger partial charge in [-0.3, -0.25) is 4.79 Å². The largest absolute Gasteiger partial charge is 0.366 e. The first kappa shape index (κ1) is 17.7. The number of primary amides is 1. The number of amides is 1. The molecule has 6 heteroatoms. The van der Waals surface area contributed by atoms with Gasteiger partial charge in [-0.25, -0.2) is 8.42 Å². The van der Waals surface area contributed by atoms with Crippen molar-refractivity contribution in [3.63, 3.8) is 0 Å². The van der Waals surface area contributed by atoms with Gasteiger partial charge in [-0.05, 0) is 53.4 Å². The van der Waals surface area contributed by atoms with Crippen molar-refractivity contribution in [1.29, 1.82) is 0 Å². The Morgan fingerprint density at radius 2 is 1.67 bits per heavy atom. The molecule has 1 atom stereocenters. The summed E-state index contributed by atoms with van der Waals surface area (Å²) in [7, 11) is -3.67. The molecule has 0 spiro atoms. The van der Waals surface area contributed by atoms with E-state index in [0.717, 1.165) is 29.2 Å². The Morgan fingerprint density at radius 1 is 0.963 bits per heavy atom. The topological polar surface area (TPSA) is 80.5 Å². The highest BCUT2D eigenvalue weighted by molar-refractivity contribution is 7.89. The van der Waals surface area contributed by atoms with E-state index in [2.05, 4.69) is 0 Å². The fourth-order valence-corrected chi connectivity index (χ4v) is 5.48. The van der Waals surface area contributed by atoms with E-state index in [1.54, 1.807) is 4.31 Å². The van der Waals surface area contributed by atoms with Gasteiger partial charge in [0.05, 0.1) is 10.9 Å². The summed E-state index contributed by atoms with van der Waals surface area (Å²) in [5.41, 5.74) is 6.57. The van der Waals surface area contributed by atoms with Gasteiger partial charge in [-0.1, -0.05) is 42.5 Å². The number of fused-ring (bicyclic) bond motifs is 1. The second-order valence-electron chi connectivity index (χ2n) is 6.73. The van der Waals surface area contributed by atoms with Crippen molar-refractivity contribution < 1.29 is 13.2 Å². The third-order valence-electron chi connectivity index (χ3n) is 5.13.